The summed E-state index contributed by atoms with van der Waals surface area (Å²) in [7, 11) is 0. The number of aliphatic hydroxyl groups is 1. The molecule has 18 heavy (non-hydrogen) atoms. The van der Waals surface area contributed by atoms with Crippen molar-refractivity contribution in [1.29, 1.82) is 0 Å². The van der Waals surface area contributed by atoms with E-state index in [4.69, 9.17) is 0 Å². The van der Waals surface area contributed by atoms with Crippen molar-refractivity contribution in [3.63, 3.8) is 0 Å². The maximum atomic E-state index is 9.79. The number of hydrogen-bond acceptors (Lipinski definition) is 1. The highest BCUT2D eigenvalue weighted by molar-refractivity contribution is 5.52. The smallest absolute Gasteiger partial charge is 0.0571 e. The Labute approximate surface area is 111 Å². The zero-order chi connectivity index (χ0) is 13.0. The van der Waals surface area contributed by atoms with Crippen LogP contribution in [0.1, 0.15) is 44.6 Å². The van der Waals surface area contributed by atoms with Gasteiger partial charge in [0.1, 0.15) is 0 Å². The minimum absolute atomic E-state index is 0.131. The summed E-state index contributed by atoms with van der Waals surface area (Å²) in [6.45, 7) is 6.62. The highest BCUT2D eigenvalue weighted by atomic mass is 16.3. The fourth-order valence-electron chi connectivity index (χ4n) is 3.14. The van der Waals surface area contributed by atoms with Crippen molar-refractivity contribution in [1.82, 2.24) is 0 Å². The third-order valence-electron chi connectivity index (χ3n) is 4.39. The van der Waals surface area contributed by atoms with Crippen molar-refractivity contribution in [2.24, 2.45) is 5.92 Å². The van der Waals surface area contributed by atoms with Gasteiger partial charge >= 0.3 is 0 Å². The van der Waals surface area contributed by atoms with Crippen molar-refractivity contribution >= 4 is 0 Å². The Bertz CT molecular complexity index is 395. The van der Waals surface area contributed by atoms with E-state index in [-0.39, 0.29) is 12.0 Å². The number of unbranched alkanes of at least 4 members (excludes halogenated alkanes) is 3. The molecule has 0 aliphatic heterocycles. The van der Waals surface area contributed by atoms with Crippen LogP contribution in [0.4, 0.5) is 0 Å². The zero-order valence-corrected chi connectivity index (χ0v) is 11.4. The van der Waals surface area contributed by atoms with Gasteiger partial charge < -0.3 is 5.11 Å². The van der Waals surface area contributed by atoms with Crippen molar-refractivity contribution < 1.29 is 5.11 Å². The predicted octanol–water partition coefficient (Wildman–Crippen LogP) is 4.07. The molecule has 1 saturated carbocycles. The Morgan fingerprint density at radius 3 is 2.50 bits per heavy atom. The second-order valence-electron chi connectivity index (χ2n) is 5.42. The number of rotatable bonds is 7. The fourth-order valence-corrected chi connectivity index (χ4v) is 3.14. The number of benzene rings is 1. The van der Waals surface area contributed by atoms with Crippen LogP contribution in [0.5, 0.6) is 0 Å². The molecular formula is C17H24O. The van der Waals surface area contributed by atoms with Gasteiger partial charge in [-0.25, -0.2) is 0 Å². The van der Waals surface area contributed by atoms with Gasteiger partial charge in [-0.05, 0) is 17.9 Å². The van der Waals surface area contributed by atoms with Gasteiger partial charge in [0.15, 0.2) is 0 Å². The van der Waals surface area contributed by atoms with E-state index in [1.807, 2.05) is 18.2 Å². The molecule has 1 aromatic rings. The highest BCUT2D eigenvalue weighted by Crippen LogP contribution is 2.60. The van der Waals surface area contributed by atoms with Gasteiger partial charge in [0, 0.05) is 5.41 Å². The summed E-state index contributed by atoms with van der Waals surface area (Å²) in [6, 6.07) is 10.4. The van der Waals surface area contributed by atoms with E-state index < -0.39 is 0 Å². The van der Waals surface area contributed by atoms with Crippen molar-refractivity contribution in [2.45, 2.75) is 44.4 Å². The van der Waals surface area contributed by atoms with Gasteiger partial charge in [-0.15, -0.1) is 0 Å². The van der Waals surface area contributed by atoms with Gasteiger partial charge in [0.25, 0.3) is 0 Å². The first-order valence-corrected chi connectivity index (χ1v) is 7.13. The maximum absolute atomic E-state index is 9.79. The third-order valence-corrected chi connectivity index (χ3v) is 4.39. The number of aliphatic hydroxyl groups excluding tert-OH is 1. The zero-order valence-electron chi connectivity index (χ0n) is 11.4. The van der Waals surface area contributed by atoms with Gasteiger partial charge in [-0.3, -0.25) is 0 Å². The average molecular weight is 244 g/mol. The Balaban J connectivity index is 2.00. The second kappa shape index (κ2) is 5.71. The molecule has 0 unspecified atom stereocenters. The van der Waals surface area contributed by atoms with Crippen LogP contribution in [0.2, 0.25) is 0 Å². The molecule has 1 nitrogen and oxygen atoms in total. The molecule has 0 spiro atoms. The van der Waals surface area contributed by atoms with E-state index >= 15 is 0 Å². The molecule has 98 valence electrons. The molecule has 1 fully saturated rings. The molecule has 0 radical (unpaired) electrons. The molecule has 2 rings (SSSR count). The summed E-state index contributed by atoms with van der Waals surface area (Å²) in [4.78, 5) is 0. The summed E-state index contributed by atoms with van der Waals surface area (Å²) in [5.41, 5.74) is 2.33. The molecule has 0 amide bonds. The fraction of sp³-hybridized carbons (Fsp3) is 0.529. The Hall–Kier alpha value is -1.08. The lowest BCUT2D eigenvalue weighted by molar-refractivity contribution is 0.246. The lowest BCUT2D eigenvalue weighted by Crippen LogP contribution is -2.15. The quantitative estimate of drug-likeness (QED) is 0.566. The molecule has 1 heteroatoms. The first kappa shape index (κ1) is 13.4. The maximum Gasteiger partial charge on any atom is 0.0571 e. The van der Waals surface area contributed by atoms with E-state index in [1.54, 1.807) is 0 Å². The summed E-state index contributed by atoms with van der Waals surface area (Å²) in [5, 5.41) is 9.79. The van der Waals surface area contributed by atoms with Gasteiger partial charge in [-0.1, -0.05) is 75.1 Å². The monoisotopic (exact) mass is 244 g/mol. The van der Waals surface area contributed by atoms with Crippen LogP contribution in [0.3, 0.4) is 0 Å². The van der Waals surface area contributed by atoms with Gasteiger partial charge in [-0.2, -0.15) is 0 Å². The van der Waals surface area contributed by atoms with Crippen LogP contribution in [0.25, 0.3) is 0 Å². The standard InChI is InChI=1S/C17H24O/c1-3-4-5-9-12-16-14(2)17(16,13-18)15-10-7-6-8-11-15/h6-8,10-11,16,18H,2-5,9,12-13H2,1H3/t16-,17-/m0/s1. The highest BCUT2D eigenvalue weighted by Gasteiger charge is 2.58. The summed E-state index contributed by atoms with van der Waals surface area (Å²) < 4.78 is 0. The van der Waals surface area contributed by atoms with Crippen LogP contribution in [0.15, 0.2) is 42.5 Å². The lowest BCUT2D eigenvalue weighted by Gasteiger charge is -2.14. The molecule has 2 atom stereocenters. The van der Waals surface area contributed by atoms with Crippen LogP contribution in [-0.2, 0) is 5.41 Å². The molecular weight excluding hydrogens is 220 g/mol. The topological polar surface area (TPSA) is 20.2 Å². The molecule has 1 N–H and O–H groups in total. The van der Waals surface area contributed by atoms with Gasteiger partial charge in [0.2, 0.25) is 0 Å². The van der Waals surface area contributed by atoms with Crippen LogP contribution >= 0.6 is 0 Å². The normalized spacial score (nSPS) is 26.3. The predicted molar refractivity (Wildman–Crippen MR) is 76.6 cm³/mol. The van der Waals surface area contributed by atoms with E-state index in [2.05, 4.69) is 25.6 Å². The van der Waals surface area contributed by atoms with Crippen molar-refractivity contribution in [3.8, 4) is 0 Å². The summed E-state index contributed by atoms with van der Waals surface area (Å²) in [6.07, 6.45) is 6.32. The lowest BCUT2D eigenvalue weighted by atomic mass is 9.92. The SMILES string of the molecule is C=C1[C@H](CCCCCC)[C@]1(CO)c1ccccc1. The van der Waals surface area contributed by atoms with E-state index in [0.717, 1.165) is 0 Å². The molecule has 0 aromatic heterocycles. The molecule has 0 saturated heterocycles. The molecule has 0 bridgehead atoms. The second-order valence-corrected chi connectivity index (χ2v) is 5.42. The minimum atomic E-state index is -0.131. The first-order valence-electron chi connectivity index (χ1n) is 7.13. The average Bonchev–Trinajstić information content (AvgIpc) is 3.01. The van der Waals surface area contributed by atoms with Gasteiger partial charge in [0.05, 0.1) is 6.61 Å². The minimum Gasteiger partial charge on any atom is -0.395 e. The van der Waals surface area contributed by atoms with Crippen molar-refractivity contribution in [3.05, 3.63) is 48.0 Å². The van der Waals surface area contributed by atoms with Crippen LogP contribution < -0.4 is 0 Å². The van der Waals surface area contributed by atoms with Crippen LogP contribution in [-0.4, -0.2) is 11.7 Å². The summed E-state index contributed by atoms with van der Waals surface area (Å²) >= 11 is 0. The van der Waals surface area contributed by atoms with Crippen molar-refractivity contribution in [2.75, 3.05) is 6.61 Å². The molecule has 1 aromatic carbocycles. The molecule has 1 aliphatic rings. The van der Waals surface area contributed by atoms with Crippen LogP contribution in [0, 0.1) is 5.92 Å². The molecule has 0 heterocycles. The van der Waals surface area contributed by atoms with E-state index in [1.165, 1.54) is 43.2 Å². The van der Waals surface area contributed by atoms with E-state index in [9.17, 15) is 5.11 Å². The Morgan fingerprint density at radius 1 is 1.17 bits per heavy atom. The third kappa shape index (κ3) is 2.24. The largest absolute Gasteiger partial charge is 0.395 e. The first-order chi connectivity index (χ1) is 8.77. The molecule has 1 aliphatic carbocycles. The Morgan fingerprint density at radius 2 is 1.89 bits per heavy atom. The number of hydrogen-bond donors (Lipinski definition) is 1. The Kier molecular flexibility index (Phi) is 4.23. The van der Waals surface area contributed by atoms with E-state index in [0.29, 0.717) is 5.92 Å². The summed E-state index contributed by atoms with van der Waals surface area (Å²) in [5.74, 6) is 0.488.